The standard InChI is InChI=1S/C11H18N4O/c1-8-3-4-9(5-12-8)14-11(16)10-6-15(2)7-13-10/h6-9,12H,3-5H2,1-2H3,(H,14,16). The number of carbonyl (C=O) groups excluding carboxylic acids is 1. The van der Waals surface area contributed by atoms with Gasteiger partial charge in [0.1, 0.15) is 5.69 Å². The Bertz CT molecular complexity index is 366. The van der Waals surface area contributed by atoms with Crippen LogP contribution in [0.1, 0.15) is 30.3 Å². The van der Waals surface area contributed by atoms with Crippen molar-refractivity contribution in [2.24, 2.45) is 7.05 Å². The Morgan fingerprint density at radius 3 is 3.00 bits per heavy atom. The van der Waals surface area contributed by atoms with Crippen molar-refractivity contribution >= 4 is 5.91 Å². The topological polar surface area (TPSA) is 59.0 Å². The first kappa shape index (κ1) is 11.1. The van der Waals surface area contributed by atoms with Gasteiger partial charge in [-0.05, 0) is 19.8 Å². The smallest absolute Gasteiger partial charge is 0.271 e. The number of aromatic nitrogens is 2. The van der Waals surface area contributed by atoms with Crippen LogP contribution in [0.3, 0.4) is 0 Å². The lowest BCUT2D eigenvalue weighted by Gasteiger charge is -2.28. The van der Waals surface area contributed by atoms with Crippen LogP contribution < -0.4 is 10.6 Å². The maximum Gasteiger partial charge on any atom is 0.271 e. The minimum Gasteiger partial charge on any atom is -0.347 e. The summed E-state index contributed by atoms with van der Waals surface area (Å²) in [7, 11) is 1.85. The van der Waals surface area contributed by atoms with E-state index in [0.717, 1.165) is 19.4 Å². The van der Waals surface area contributed by atoms with E-state index in [9.17, 15) is 4.79 Å². The second-order valence-corrected chi connectivity index (χ2v) is 4.48. The predicted octanol–water partition coefficient (Wildman–Crippen LogP) is 0.290. The molecule has 1 fully saturated rings. The molecule has 0 radical (unpaired) electrons. The number of hydrogen-bond donors (Lipinski definition) is 2. The van der Waals surface area contributed by atoms with E-state index in [1.165, 1.54) is 0 Å². The quantitative estimate of drug-likeness (QED) is 0.756. The molecular weight excluding hydrogens is 204 g/mol. The van der Waals surface area contributed by atoms with E-state index in [4.69, 9.17) is 0 Å². The fraction of sp³-hybridized carbons (Fsp3) is 0.636. The van der Waals surface area contributed by atoms with Crippen LogP contribution in [0, 0.1) is 0 Å². The van der Waals surface area contributed by atoms with Gasteiger partial charge in [0, 0.05) is 31.9 Å². The molecule has 0 aliphatic carbocycles. The maximum absolute atomic E-state index is 11.8. The van der Waals surface area contributed by atoms with E-state index < -0.39 is 0 Å². The van der Waals surface area contributed by atoms with Crippen molar-refractivity contribution in [2.75, 3.05) is 6.54 Å². The molecule has 1 amide bonds. The van der Waals surface area contributed by atoms with E-state index in [1.807, 2.05) is 7.05 Å². The second kappa shape index (κ2) is 4.65. The highest BCUT2D eigenvalue weighted by atomic mass is 16.2. The Balaban J connectivity index is 1.88. The molecule has 0 spiro atoms. The molecule has 0 bridgehead atoms. The van der Waals surface area contributed by atoms with Crippen LogP contribution in [0.5, 0.6) is 0 Å². The summed E-state index contributed by atoms with van der Waals surface area (Å²) in [6.07, 6.45) is 5.50. The maximum atomic E-state index is 11.8. The van der Waals surface area contributed by atoms with Crippen molar-refractivity contribution < 1.29 is 4.79 Å². The van der Waals surface area contributed by atoms with E-state index in [0.29, 0.717) is 11.7 Å². The van der Waals surface area contributed by atoms with Crippen molar-refractivity contribution in [1.82, 2.24) is 20.2 Å². The molecule has 88 valence electrons. The van der Waals surface area contributed by atoms with Gasteiger partial charge in [0.05, 0.1) is 6.33 Å². The molecule has 1 aromatic heterocycles. The molecule has 2 unspecified atom stereocenters. The zero-order valence-corrected chi connectivity index (χ0v) is 9.73. The van der Waals surface area contributed by atoms with Crippen LogP contribution in [-0.4, -0.2) is 34.1 Å². The Labute approximate surface area is 95.2 Å². The zero-order chi connectivity index (χ0) is 11.5. The number of piperidine rings is 1. The molecule has 0 aromatic carbocycles. The van der Waals surface area contributed by atoms with Crippen LogP contribution >= 0.6 is 0 Å². The summed E-state index contributed by atoms with van der Waals surface area (Å²) < 4.78 is 1.77. The van der Waals surface area contributed by atoms with Gasteiger partial charge in [-0.25, -0.2) is 4.98 Å². The molecule has 2 atom stereocenters. The van der Waals surface area contributed by atoms with E-state index in [2.05, 4.69) is 22.5 Å². The number of hydrogen-bond acceptors (Lipinski definition) is 3. The molecule has 1 aromatic rings. The highest BCUT2D eigenvalue weighted by Crippen LogP contribution is 2.08. The molecular formula is C11H18N4O. The summed E-state index contributed by atoms with van der Waals surface area (Å²) in [5.41, 5.74) is 0.487. The second-order valence-electron chi connectivity index (χ2n) is 4.48. The number of rotatable bonds is 2. The zero-order valence-electron chi connectivity index (χ0n) is 9.73. The van der Waals surface area contributed by atoms with Gasteiger partial charge in [0.2, 0.25) is 0 Å². The fourth-order valence-corrected chi connectivity index (χ4v) is 1.91. The van der Waals surface area contributed by atoms with Gasteiger partial charge in [-0.3, -0.25) is 4.79 Å². The van der Waals surface area contributed by atoms with Gasteiger partial charge in [-0.15, -0.1) is 0 Å². The van der Waals surface area contributed by atoms with Crippen molar-refractivity contribution in [3.05, 3.63) is 18.2 Å². The highest BCUT2D eigenvalue weighted by Gasteiger charge is 2.20. The fourth-order valence-electron chi connectivity index (χ4n) is 1.91. The Morgan fingerprint density at radius 2 is 2.44 bits per heavy atom. The van der Waals surface area contributed by atoms with Crippen molar-refractivity contribution in [2.45, 2.75) is 31.8 Å². The summed E-state index contributed by atoms with van der Waals surface area (Å²) in [6.45, 7) is 3.01. The molecule has 1 aliphatic heterocycles. The van der Waals surface area contributed by atoms with Gasteiger partial charge in [0.15, 0.2) is 0 Å². The van der Waals surface area contributed by atoms with Gasteiger partial charge >= 0.3 is 0 Å². The Kier molecular flexibility index (Phi) is 3.24. The average Bonchev–Trinajstić information content (AvgIpc) is 2.68. The molecule has 1 aliphatic rings. The number of nitrogens with one attached hydrogen (secondary N) is 2. The number of nitrogens with zero attached hydrogens (tertiary/aromatic N) is 2. The van der Waals surface area contributed by atoms with Gasteiger partial charge in [-0.2, -0.15) is 0 Å². The summed E-state index contributed by atoms with van der Waals surface area (Å²) in [5, 5.41) is 6.35. The molecule has 2 N–H and O–H groups in total. The first-order chi connectivity index (χ1) is 7.65. The monoisotopic (exact) mass is 222 g/mol. The number of imidazole rings is 1. The lowest BCUT2D eigenvalue weighted by molar-refractivity contribution is 0.0923. The molecule has 1 saturated heterocycles. The average molecular weight is 222 g/mol. The number of amides is 1. The summed E-state index contributed by atoms with van der Waals surface area (Å²) in [4.78, 5) is 15.8. The van der Waals surface area contributed by atoms with Crippen LogP contribution in [0.15, 0.2) is 12.5 Å². The lowest BCUT2D eigenvalue weighted by Crippen LogP contribution is -2.48. The first-order valence-electron chi connectivity index (χ1n) is 5.67. The third kappa shape index (κ3) is 2.61. The van der Waals surface area contributed by atoms with Crippen molar-refractivity contribution in [1.29, 1.82) is 0 Å². The van der Waals surface area contributed by atoms with Gasteiger partial charge in [-0.1, -0.05) is 0 Å². The molecule has 16 heavy (non-hydrogen) atoms. The third-order valence-electron chi connectivity index (χ3n) is 2.93. The predicted molar refractivity (Wildman–Crippen MR) is 61.2 cm³/mol. The van der Waals surface area contributed by atoms with E-state index >= 15 is 0 Å². The molecule has 5 heteroatoms. The molecule has 0 saturated carbocycles. The van der Waals surface area contributed by atoms with E-state index in [-0.39, 0.29) is 11.9 Å². The molecule has 2 rings (SSSR count). The number of carbonyl (C=O) groups is 1. The summed E-state index contributed by atoms with van der Waals surface area (Å²) in [5.74, 6) is -0.0815. The van der Waals surface area contributed by atoms with Crippen LogP contribution in [0.4, 0.5) is 0 Å². The molecule has 5 nitrogen and oxygen atoms in total. The Hall–Kier alpha value is -1.36. The SMILES string of the molecule is CC1CCC(NC(=O)c2cn(C)cn2)CN1. The van der Waals surface area contributed by atoms with E-state index in [1.54, 1.807) is 17.1 Å². The number of aryl methyl sites for hydroxylation is 1. The minimum absolute atomic E-state index is 0.0815. The Morgan fingerprint density at radius 1 is 1.62 bits per heavy atom. The first-order valence-corrected chi connectivity index (χ1v) is 5.67. The lowest BCUT2D eigenvalue weighted by atomic mass is 10.0. The minimum atomic E-state index is -0.0815. The van der Waals surface area contributed by atoms with Crippen LogP contribution in [-0.2, 0) is 7.05 Å². The third-order valence-corrected chi connectivity index (χ3v) is 2.93. The molecule has 2 heterocycles. The summed E-state index contributed by atoms with van der Waals surface area (Å²) in [6, 6.07) is 0.786. The highest BCUT2D eigenvalue weighted by molar-refractivity contribution is 5.92. The van der Waals surface area contributed by atoms with Crippen molar-refractivity contribution in [3.63, 3.8) is 0 Å². The van der Waals surface area contributed by atoms with Gasteiger partial charge < -0.3 is 15.2 Å². The van der Waals surface area contributed by atoms with Crippen molar-refractivity contribution in [3.8, 4) is 0 Å². The normalized spacial score (nSPS) is 25.4. The largest absolute Gasteiger partial charge is 0.347 e. The summed E-state index contributed by atoms with van der Waals surface area (Å²) >= 11 is 0. The van der Waals surface area contributed by atoms with Crippen LogP contribution in [0.25, 0.3) is 0 Å². The van der Waals surface area contributed by atoms with Crippen LogP contribution in [0.2, 0.25) is 0 Å². The van der Waals surface area contributed by atoms with Gasteiger partial charge in [0.25, 0.3) is 5.91 Å².